The van der Waals surface area contributed by atoms with E-state index in [-0.39, 0.29) is 0 Å². The zero-order chi connectivity index (χ0) is 37.1. The number of aromatic nitrogens is 2. The molecular weight excluding hydrogens is 681 g/mol. The summed E-state index contributed by atoms with van der Waals surface area (Å²) in [6, 6.07) is 73.1. The highest BCUT2D eigenvalue weighted by molar-refractivity contribution is 6.21. The molecule has 0 fully saturated rings. The molecule has 0 aliphatic carbocycles. The van der Waals surface area contributed by atoms with E-state index < -0.39 is 5.66 Å². The second-order valence-corrected chi connectivity index (χ2v) is 14.4. The lowest BCUT2D eigenvalue weighted by molar-refractivity contribution is 0.526. The Labute approximate surface area is 325 Å². The van der Waals surface area contributed by atoms with Crippen molar-refractivity contribution in [1.82, 2.24) is 9.55 Å². The van der Waals surface area contributed by atoms with Crippen LogP contribution in [-0.4, -0.2) is 21.1 Å². The zero-order valence-corrected chi connectivity index (χ0v) is 30.4. The molecule has 4 bridgehead atoms. The van der Waals surface area contributed by atoms with Crippen molar-refractivity contribution in [3.63, 3.8) is 0 Å². The van der Waals surface area contributed by atoms with Crippen LogP contribution in [0, 0.1) is 0 Å². The van der Waals surface area contributed by atoms with Gasteiger partial charge in [-0.1, -0.05) is 206 Å². The van der Waals surface area contributed by atoms with E-state index in [0.717, 1.165) is 67.4 Å². The number of imidazole rings is 1. The lowest BCUT2D eigenvalue weighted by Crippen LogP contribution is -2.41. The predicted molar refractivity (Wildman–Crippen MR) is 230 cm³/mol. The van der Waals surface area contributed by atoms with E-state index in [2.05, 4.69) is 193 Å². The van der Waals surface area contributed by atoms with Crippen LogP contribution in [0.15, 0.2) is 216 Å². The van der Waals surface area contributed by atoms with Gasteiger partial charge in [0.2, 0.25) is 5.66 Å². The van der Waals surface area contributed by atoms with Gasteiger partial charge < -0.3 is 0 Å². The monoisotopic (exact) mass is 714 g/mol. The molecule has 1 aromatic heterocycles. The molecule has 8 aromatic carbocycles. The summed E-state index contributed by atoms with van der Waals surface area (Å²) in [4.78, 5) is 17.1. The van der Waals surface area contributed by atoms with Crippen molar-refractivity contribution in [3.05, 3.63) is 223 Å². The standard InChI is InChI=1S/C52H34N4/c1-5-15-38(16-6-1)47-48(39-17-7-2-8-18-39)56-51(53-47)42-29-27-35(28-30-42)44-25-13-23-37-24-14-26-45(46(37)44)36-31-33-43(34-32-36)52(56)49(40-19-9-3-10-20-40)54-50(55-52)41-21-11-4-12-22-41/h1-34H/t52-/m0/s1. The summed E-state index contributed by atoms with van der Waals surface area (Å²) in [5.74, 6) is 1.47. The molecule has 4 heteroatoms. The highest BCUT2D eigenvalue weighted by Crippen LogP contribution is 2.48. The smallest absolute Gasteiger partial charge is 0.209 e. The topological polar surface area (TPSA) is 42.5 Å². The van der Waals surface area contributed by atoms with Crippen molar-refractivity contribution < 1.29 is 0 Å². The molecule has 0 saturated carbocycles. The van der Waals surface area contributed by atoms with Crippen molar-refractivity contribution in [1.29, 1.82) is 0 Å². The molecule has 0 radical (unpaired) electrons. The summed E-state index contributed by atoms with van der Waals surface area (Å²) < 4.78 is 2.37. The van der Waals surface area contributed by atoms with E-state index >= 15 is 0 Å². The Morgan fingerprint density at radius 2 is 0.893 bits per heavy atom. The molecule has 1 atom stereocenters. The average Bonchev–Trinajstić information content (AvgIpc) is 3.88. The third-order valence-electron chi connectivity index (χ3n) is 11.1. The first-order valence-corrected chi connectivity index (χ1v) is 19.0. The molecular formula is C52H34N4. The molecule has 1 spiro atoms. The van der Waals surface area contributed by atoms with Crippen LogP contribution in [0.2, 0.25) is 0 Å². The maximum atomic E-state index is 5.87. The van der Waals surface area contributed by atoms with E-state index in [0.29, 0.717) is 5.84 Å². The molecule has 6 heterocycles. The van der Waals surface area contributed by atoms with Crippen molar-refractivity contribution in [2.45, 2.75) is 5.66 Å². The van der Waals surface area contributed by atoms with Crippen molar-refractivity contribution in [3.8, 4) is 56.2 Å². The van der Waals surface area contributed by atoms with Crippen LogP contribution in [-0.2, 0) is 5.66 Å². The number of hydrogen-bond donors (Lipinski definition) is 0. The van der Waals surface area contributed by atoms with E-state index in [1.807, 2.05) is 18.2 Å². The zero-order valence-electron chi connectivity index (χ0n) is 30.4. The Hall–Kier alpha value is -7.43. The van der Waals surface area contributed by atoms with Gasteiger partial charge in [0.1, 0.15) is 11.5 Å². The normalized spacial score (nSPS) is 15.4. The average molecular weight is 715 g/mol. The second-order valence-electron chi connectivity index (χ2n) is 14.4. The van der Waals surface area contributed by atoms with Crippen LogP contribution in [0.5, 0.6) is 0 Å². The lowest BCUT2D eigenvalue weighted by atomic mass is 9.86. The maximum Gasteiger partial charge on any atom is 0.209 e. The van der Waals surface area contributed by atoms with Gasteiger partial charge in [0, 0.05) is 33.4 Å². The van der Waals surface area contributed by atoms with E-state index in [9.17, 15) is 0 Å². The van der Waals surface area contributed by atoms with Gasteiger partial charge in [-0.05, 0) is 33.0 Å². The Morgan fingerprint density at radius 3 is 1.48 bits per heavy atom. The number of aliphatic imine (C=N–C) groups is 2. The lowest BCUT2D eigenvalue weighted by Gasteiger charge is -2.34. The fourth-order valence-corrected chi connectivity index (χ4v) is 8.57. The van der Waals surface area contributed by atoms with Crippen molar-refractivity contribution in [2.75, 3.05) is 0 Å². The van der Waals surface area contributed by atoms with Gasteiger partial charge in [-0.2, -0.15) is 0 Å². The molecule has 5 aliphatic rings. The summed E-state index contributed by atoms with van der Waals surface area (Å²) in [6.45, 7) is 0. The SMILES string of the molecule is c1ccc(C2=N[C@@]3(C(c4ccccc4)=N2)c2ccc(cc2)-c2cccc4cccc(c24)-c2ccc(cc2)-c2nc(-c4ccccc4)c(-c4ccccc4)n23)cc1. The highest BCUT2D eigenvalue weighted by atomic mass is 15.3. The molecule has 9 aromatic rings. The van der Waals surface area contributed by atoms with Gasteiger partial charge >= 0.3 is 0 Å². The summed E-state index contributed by atoms with van der Waals surface area (Å²) in [5, 5.41) is 2.44. The quantitative estimate of drug-likeness (QED) is 0.179. The third kappa shape index (κ3) is 4.96. The fourth-order valence-electron chi connectivity index (χ4n) is 8.57. The van der Waals surface area contributed by atoms with Crippen molar-refractivity contribution >= 4 is 22.3 Å². The molecule has 4 nitrogen and oxygen atoms in total. The molecule has 0 saturated heterocycles. The third-order valence-corrected chi connectivity index (χ3v) is 11.1. The Bertz CT molecular complexity index is 2960. The minimum atomic E-state index is -1.17. The first-order chi connectivity index (χ1) is 27.8. The fraction of sp³-hybridized carbons (Fsp3) is 0.0192. The number of amidine groups is 1. The summed E-state index contributed by atoms with van der Waals surface area (Å²) >= 11 is 0. The Balaban J connectivity index is 1.34. The van der Waals surface area contributed by atoms with Crippen LogP contribution in [0.3, 0.4) is 0 Å². The van der Waals surface area contributed by atoms with E-state index in [4.69, 9.17) is 15.0 Å². The molecule has 14 rings (SSSR count). The minimum absolute atomic E-state index is 0.670. The van der Waals surface area contributed by atoms with Crippen LogP contribution in [0.25, 0.3) is 66.9 Å². The number of benzene rings is 8. The van der Waals surface area contributed by atoms with Gasteiger partial charge in [-0.25, -0.2) is 15.0 Å². The van der Waals surface area contributed by atoms with E-state index in [1.54, 1.807) is 0 Å². The Kier molecular flexibility index (Phi) is 7.36. The second kappa shape index (κ2) is 12.9. The highest BCUT2D eigenvalue weighted by Gasteiger charge is 2.48. The largest absolute Gasteiger partial charge is 0.288 e. The summed E-state index contributed by atoms with van der Waals surface area (Å²) in [6.07, 6.45) is 0. The molecule has 0 unspecified atom stereocenters. The number of rotatable bonds is 4. The van der Waals surface area contributed by atoms with Gasteiger partial charge in [0.25, 0.3) is 0 Å². The first-order valence-electron chi connectivity index (χ1n) is 19.0. The molecule has 0 N–H and O–H groups in total. The maximum absolute atomic E-state index is 5.87. The van der Waals surface area contributed by atoms with Gasteiger partial charge in [0.15, 0.2) is 5.84 Å². The van der Waals surface area contributed by atoms with Crippen LogP contribution in [0.1, 0.15) is 16.7 Å². The van der Waals surface area contributed by atoms with Crippen LogP contribution in [0.4, 0.5) is 0 Å². The first kappa shape index (κ1) is 32.0. The molecule has 5 aliphatic heterocycles. The minimum Gasteiger partial charge on any atom is -0.288 e. The molecule has 56 heavy (non-hydrogen) atoms. The number of nitrogens with zero attached hydrogens (tertiary/aromatic N) is 4. The van der Waals surface area contributed by atoms with Gasteiger partial charge in [-0.3, -0.25) is 4.57 Å². The summed E-state index contributed by atoms with van der Waals surface area (Å²) in [7, 11) is 0. The molecule has 262 valence electrons. The number of hydrogen-bond acceptors (Lipinski definition) is 3. The predicted octanol–water partition coefficient (Wildman–Crippen LogP) is 12.3. The van der Waals surface area contributed by atoms with Crippen molar-refractivity contribution in [2.24, 2.45) is 9.98 Å². The van der Waals surface area contributed by atoms with E-state index in [1.165, 1.54) is 21.9 Å². The van der Waals surface area contributed by atoms with Crippen LogP contribution >= 0.6 is 0 Å². The molecule has 0 amide bonds. The van der Waals surface area contributed by atoms with Crippen LogP contribution < -0.4 is 0 Å². The van der Waals surface area contributed by atoms with Gasteiger partial charge in [-0.15, -0.1) is 0 Å². The van der Waals surface area contributed by atoms with Gasteiger partial charge in [0.05, 0.1) is 11.4 Å². The Morgan fingerprint density at radius 1 is 0.393 bits per heavy atom. The summed E-state index contributed by atoms with van der Waals surface area (Å²) in [5.41, 5.74) is 12.2.